The zero-order valence-corrected chi connectivity index (χ0v) is 11.9. The number of likely N-dealkylation sites (tertiary alicyclic amines) is 2. The molecule has 0 aliphatic carbocycles. The fraction of sp³-hybridized carbons (Fsp3) is 0.929. The van der Waals surface area contributed by atoms with Crippen LogP contribution in [0.15, 0.2) is 0 Å². The van der Waals surface area contributed by atoms with Crippen LogP contribution in [0.1, 0.15) is 39.5 Å². The number of hydrogen-bond donors (Lipinski definition) is 1. The van der Waals surface area contributed by atoms with Crippen LogP contribution in [0.25, 0.3) is 0 Å². The SMILES string of the molecule is CCC1(C(=O)O)CCCN(C2CC(C)N(C)C2)C1. The Morgan fingerprint density at radius 2 is 2.22 bits per heavy atom. The minimum absolute atomic E-state index is 0.497. The highest BCUT2D eigenvalue weighted by Gasteiger charge is 2.43. The molecule has 0 amide bonds. The van der Waals surface area contributed by atoms with Gasteiger partial charge in [-0.05, 0) is 46.2 Å². The second-order valence-electron chi connectivity index (χ2n) is 6.19. The molecule has 2 aliphatic rings. The molecule has 3 unspecified atom stereocenters. The molecule has 2 aliphatic heterocycles. The van der Waals surface area contributed by atoms with E-state index in [1.165, 1.54) is 6.42 Å². The third-order valence-electron chi connectivity index (χ3n) is 5.12. The van der Waals surface area contributed by atoms with Crippen LogP contribution in [0.2, 0.25) is 0 Å². The molecule has 18 heavy (non-hydrogen) atoms. The van der Waals surface area contributed by atoms with Gasteiger partial charge in [0, 0.05) is 25.2 Å². The highest BCUT2D eigenvalue weighted by molar-refractivity contribution is 5.75. The Hall–Kier alpha value is -0.610. The molecule has 0 aromatic heterocycles. The second-order valence-corrected chi connectivity index (χ2v) is 6.19. The van der Waals surface area contributed by atoms with Crippen LogP contribution in [-0.4, -0.2) is 59.6 Å². The van der Waals surface area contributed by atoms with Crippen LogP contribution in [0, 0.1) is 5.41 Å². The van der Waals surface area contributed by atoms with Crippen LogP contribution in [-0.2, 0) is 4.79 Å². The lowest BCUT2D eigenvalue weighted by atomic mass is 9.77. The summed E-state index contributed by atoms with van der Waals surface area (Å²) in [6, 6.07) is 1.17. The Morgan fingerprint density at radius 1 is 1.50 bits per heavy atom. The van der Waals surface area contributed by atoms with E-state index in [-0.39, 0.29) is 0 Å². The van der Waals surface area contributed by atoms with Crippen molar-refractivity contribution in [2.24, 2.45) is 5.41 Å². The fourth-order valence-electron chi connectivity index (χ4n) is 3.52. The minimum atomic E-state index is -0.603. The maximum atomic E-state index is 11.6. The van der Waals surface area contributed by atoms with Crippen molar-refractivity contribution >= 4 is 5.97 Å². The first-order valence-electron chi connectivity index (χ1n) is 7.16. The van der Waals surface area contributed by atoms with Crippen molar-refractivity contribution in [2.75, 3.05) is 26.7 Å². The topological polar surface area (TPSA) is 43.8 Å². The van der Waals surface area contributed by atoms with E-state index in [2.05, 4.69) is 23.8 Å². The average molecular weight is 254 g/mol. The Morgan fingerprint density at radius 3 is 2.72 bits per heavy atom. The van der Waals surface area contributed by atoms with Gasteiger partial charge < -0.3 is 10.0 Å². The van der Waals surface area contributed by atoms with Crippen LogP contribution < -0.4 is 0 Å². The number of piperidine rings is 1. The van der Waals surface area contributed by atoms with Crippen LogP contribution in [0.4, 0.5) is 0 Å². The van der Waals surface area contributed by atoms with Crippen molar-refractivity contribution in [3.05, 3.63) is 0 Å². The van der Waals surface area contributed by atoms with Crippen molar-refractivity contribution in [3.63, 3.8) is 0 Å². The molecule has 0 aromatic carbocycles. The first-order chi connectivity index (χ1) is 8.48. The third-order valence-corrected chi connectivity index (χ3v) is 5.12. The van der Waals surface area contributed by atoms with Crippen LogP contribution in [0.3, 0.4) is 0 Å². The standard InChI is InChI=1S/C14H26N2O2/c1-4-14(13(17)18)6-5-7-16(10-14)12-8-11(2)15(3)9-12/h11-12H,4-10H2,1-3H3,(H,17,18). The van der Waals surface area contributed by atoms with Gasteiger partial charge in [0.15, 0.2) is 0 Å². The van der Waals surface area contributed by atoms with Gasteiger partial charge in [0.2, 0.25) is 0 Å². The first-order valence-corrected chi connectivity index (χ1v) is 7.16. The molecule has 0 saturated carbocycles. The van der Waals surface area contributed by atoms with E-state index in [1.807, 2.05) is 6.92 Å². The molecule has 0 spiro atoms. The van der Waals surface area contributed by atoms with Crippen molar-refractivity contribution in [1.29, 1.82) is 0 Å². The molecule has 2 fully saturated rings. The van der Waals surface area contributed by atoms with E-state index in [0.29, 0.717) is 12.1 Å². The quantitative estimate of drug-likeness (QED) is 0.832. The maximum absolute atomic E-state index is 11.6. The summed E-state index contributed by atoms with van der Waals surface area (Å²) in [7, 11) is 2.17. The molecular formula is C14H26N2O2. The number of carboxylic acid groups (broad SMARTS) is 1. The summed E-state index contributed by atoms with van der Waals surface area (Å²) in [4.78, 5) is 16.4. The molecule has 0 radical (unpaired) electrons. The Labute approximate surface area is 110 Å². The summed E-state index contributed by atoms with van der Waals surface area (Å²) in [6.45, 7) is 7.17. The van der Waals surface area contributed by atoms with E-state index < -0.39 is 11.4 Å². The molecule has 2 rings (SSSR count). The lowest BCUT2D eigenvalue weighted by Gasteiger charge is -2.42. The summed E-state index contributed by atoms with van der Waals surface area (Å²) in [5.41, 5.74) is -0.497. The predicted molar refractivity (Wildman–Crippen MR) is 71.7 cm³/mol. The van der Waals surface area contributed by atoms with Gasteiger partial charge in [0.05, 0.1) is 5.41 Å². The molecule has 4 heteroatoms. The van der Waals surface area contributed by atoms with Gasteiger partial charge in [0.25, 0.3) is 0 Å². The van der Waals surface area contributed by atoms with E-state index in [9.17, 15) is 9.90 Å². The van der Waals surface area contributed by atoms with Crippen LogP contribution >= 0.6 is 0 Å². The van der Waals surface area contributed by atoms with Gasteiger partial charge in [-0.3, -0.25) is 9.69 Å². The Kier molecular flexibility index (Phi) is 3.97. The number of rotatable bonds is 3. The normalized spacial score (nSPS) is 39.1. The van der Waals surface area contributed by atoms with E-state index >= 15 is 0 Å². The lowest BCUT2D eigenvalue weighted by molar-refractivity contribution is -0.153. The zero-order valence-electron chi connectivity index (χ0n) is 11.9. The number of carbonyl (C=O) groups is 1. The van der Waals surface area contributed by atoms with Crippen molar-refractivity contribution in [1.82, 2.24) is 9.80 Å². The largest absolute Gasteiger partial charge is 0.481 e. The van der Waals surface area contributed by atoms with E-state index in [0.717, 1.165) is 38.9 Å². The van der Waals surface area contributed by atoms with Gasteiger partial charge in [-0.25, -0.2) is 0 Å². The molecule has 1 N–H and O–H groups in total. The highest BCUT2D eigenvalue weighted by Crippen LogP contribution is 2.36. The average Bonchev–Trinajstić information content (AvgIpc) is 2.69. The van der Waals surface area contributed by atoms with Gasteiger partial charge in [-0.2, -0.15) is 0 Å². The zero-order chi connectivity index (χ0) is 13.3. The Balaban J connectivity index is 2.05. The van der Waals surface area contributed by atoms with E-state index in [1.54, 1.807) is 0 Å². The predicted octanol–water partition coefficient (Wildman–Crippen LogP) is 1.66. The van der Waals surface area contributed by atoms with Crippen LogP contribution in [0.5, 0.6) is 0 Å². The lowest BCUT2D eigenvalue weighted by Crippen LogP contribution is -2.51. The van der Waals surface area contributed by atoms with Gasteiger partial charge in [0.1, 0.15) is 0 Å². The molecule has 0 bridgehead atoms. The monoisotopic (exact) mass is 254 g/mol. The van der Waals surface area contributed by atoms with Gasteiger partial charge >= 0.3 is 5.97 Å². The summed E-state index contributed by atoms with van der Waals surface area (Å²) in [5, 5.41) is 9.52. The Bertz CT molecular complexity index is 311. The molecule has 3 atom stereocenters. The number of nitrogens with zero attached hydrogens (tertiary/aromatic N) is 2. The molecule has 0 aromatic rings. The number of carboxylic acids is 1. The van der Waals surface area contributed by atoms with Gasteiger partial charge in [-0.15, -0.1) is 0 Å². The van der Waals surface area contributed by atoms with Gasteiger partial charge in [-0.1, -0.05) is 6.92 Å². The summed E-state index contributed by atoms with van der Waals surface area (Å²) in [6.07, 6.45) is 3.79. The van der Waals surface area contributed by atoms with Crippen molar-refractivity contribution in [3.8, 4) is 0 Å². The second kappa shape index (κ2) is 5.17. The number of hydrogen-bond acceptors (Lipinski definition) is 3. The molecule has 2 heterocycles. The summed E-state index contributed by atoms with van der Waals surface area (Å²) >= 11 is 0. The maximum Gasteiger partial charge on any atom is 0.310 e. The molecule has 4 nitrogen and oxygen atoms in total. The highest BCUT2D eigenvalue weighted by atomic mass is 16.4. The molecular weight excluding hydrogens is 228 g/mol. The third kappa shape index (κ3) is 2.41. The molecule has 2 saturated heterocycles. The van der Waals surface area contributed by atoms with E-state index in [4.69, 9.17) is 0 Å². The number of aliphatic carboxylic acids is 1. The fourth-order valence-corrected chi connectivity index (χ4v) is 3.52. The minimum Gasteiger partial charge on any atom is -0.481 e. The summed E-state index contributed by atoms with van der Waals surface area (Å²) in [5.74, 6) is -0.603. The molecule has 104 valence electrons. The smallest absolute Gasteiger partial charge is 0.310 e. The number of likely N-dealkylation sites (N-methyl/N-ethyl adjacent to an activating group) is 1. The van der Waals surface area contributed by atoms with Crippen molar-refractivity contribution < 1.29 is 9.90 Å². The van der Waals surface area contributed by atoms with Crippen molar-refractivity contribution in [2.45, 2.75) is 51.6 Å². The summed E-state index contributed by atoms with van der Waals surface area (Å²) < 4.78 is 0. The first kappa shape index (κ1) is 13.8.